The van der Waals surface area contributed by atoms with Crippen molar-refractivity contribution >= 4 is 7.28 Å². The van der Waals surface area contributed by atoms with Gasteiger partial charge in [-0.15, -0.1) is 0 Å². The Hall–Kier alpha value is 0.270. The van der Waals surface area contributed by atoms with Crippen molar-refractivity contribution in [2.45, 2.75) is 45.1 Å². The van der Waals surface area contributed by atoms with E-state index in [1.54, 1.807) is 27.7 Å². The summed E-state index contributed by atoms with van der Waals surface area (Å²) in [4.78, 5) is 20.6. The van der Waals surface area contributed by atoms with Gasteiger partial charge < -0.3 is 0 Å². The van der Waals surface area contributed by atoms with E-state index in [0.29, 0.717) is 13.2 Å². The van der Waals surface area contributed by atoms with E-state index in [9.17, 15) is 9.79 Å². The van der Waals surface area contributed by atoms with Gasteiger partial charge in [-0.2, -0.15) is 0 Å². The maximum atomic E-state index is 10.3. The molecule has 2 N–H and O–H groups in total. The zero-order valence-electron chi connectivity index (χ0n) is 9.30. The molecule has 1 saturated heterocycles. The quantitative estimate of drug-likeness (QED) is 0.548. The molecule has 1 atom stereocenters. The van der Waals surface area contributed by atoms with Crippen LogP contribution in [0.3, 0.4) is 0 Å². The van der Waals surface area contributed by atoms with Crippen molar-refractivity contribution in [3.8, 4) is 0 Å². The van der Waals surface area contributed by atoms with Gasteiger partial charge in [-0.25, -0.2) is 0 Å². The van der Waals surface area contributed by atoms with Gasteiger partial charge in [-0.1, -0.05) is 0 Å². The third-order valence-electron chi connectivity index (χ3n) is 2.87. The molecule has 86 valence electrons. The number of epoxide rings is 1. The fourth-order valence-electron chi connectivity index (χ4n) is 1.29. The van der Waals surface area contributed by atoms with Crippen LogP contribution in [0.15, 0.2) is 0 Å². The first-order valence-corrected chi connectivity index (χ1v) is 7.24. The minimum atomic E-state index is -3.98. The van der Waals surface area contributed by atoms with Crippen molar-refractivity contribution in [2.75, 3.05) is 13.2 Å². The van der Waals surface area contributed by atoms with E-state index >= 15 is 0 Å². The summed E-state index contributed by atoms with van der Waals surface area (Å²) in [6.45, 7) is 8.10. The van der Waals surface area contributed by atoms with Gasteiger partial charge in [0.1, 0.15) is 0 Å². The molecule has 0 aromatic carbocycles. The second-order valence-electron chi connectivity index (χ2n) is 4.51. The summed E-state index contributed by atoms with van der Waals surface area (Å²) < 4.78 is 10.4. The summed E-state index contributed by atoms with van der Waals surface area (Å²) in [6, 6.07) is 0. The van der Waals surface area contributed by atoms with E-state index in [4.69, 9.17) is 9.26 Å². The third kappa shape index (κ3) is 2.26. The van der Waals surface area contributed by atoms with Crippen molar-refractivity contribution in [1.29, 1.82) is 0 Å². The summed E-state index contributed by atoms with van der Waals surface area (Å²) in [7, 11) is -3.98. The van der Waals surface area contributed by atoms with Gasteiger partial charge in [0, 0.05) is 0 Å². The molecule has 0 radical (unpaired) electrons. The van der Waals surface area contributed by atoms with Crippen molar-refractivity contribution in [1.82, 2.24) is 0 Å². The molecular formula is C9H21O4P. The molecule has 4 nitrogen and oxygen atoms in total. The molecule has 0 bridgehead atoms. The van der Waals surface area contributed by atoms with Crippen molar-refractivity contribution in [3.63, 3.8) is 0 Å². The van der Waals surface area contributed by atoms with E-state index in [1.807, 2.05) is 0 Å². The Labute approximate surface area is 85.4 Å². The zero-order valence-corrected chi connectivity index (χ0v) is 10.2. The summed E-state index contributed by atoms with van der Waals surface area (Å²) in [6.07, 6.45) is 0.0632. The van der Waals surface area contributed by atoms with Gasteiger partial charge in [-0.3, -0.25) is 0 Å². The number of rotatable bonds is 5. The topological polar surface area (TPSA) is 62.2 Å². The van der Waals surface area contributed by atoms with E-state index in [0.717, 1.165) is 0 Å². The fraction of sp³-hybridized carbons (Fsp3) is 1.00. The van der Waals surface area contributed by atoms with E-state index in [2.05, 4.69) is 0 Å². The van der Waals surface area contributed by atoms with Crippen LogP contribution in [0.2, 0.25) is 0 Å². The predicted octanol–water partition coefficient (Wildman–Crippen LogP) is 1.50. The van der Waals surface area contributed by atoms with Crippen LogP contribution in [-0.2, 0) is 9.26 Å². The van der Waals surface area contributed by atoms with Gasteiger partial charge in [0.05, 0.1) is 0 Å². The number of hydrogen-bond acceptors (Lipinski definition) is 4. The second-order valence-corrected chi connectivity index (χ2v) is 8.99. The minimum absolute atomic E-state index is 0.0632. The number of ether oxygens (including phenoxy) is 1. The first-order valence-electron chi connectivity index (χ1n) is 5.04. The molecule has 0 aromatic heterocycles. The summed E-state index contributed by atoms with van der Waals surface area (Å²) >= 11 is 0. The Kier molecular flexibility index (Phi) is 3.25. The molecular weight excluding hydrogens is 203 g/mol. The Morgan fingerprint density at radius 3 is 2.00 bits per heavy atom. The van der Waals surface area contributed by atoms with Crippen LogP contribution >= 0.6 is 7.28 Å². The fourth-order valence-corrected chi connectivity index (χ4v) is 3.56. The molecule has 1 rings (SSSR count). The van der Waals surface area contributed by atoms with Crippen LogP contribution in [0.5, 0.6) is 0 Å². The summed E-state index contributed by atoms with van der Waals surface area (Å²) in [5, 5.41) is 0. The van der Waals surface area contributed by atoms with Gasteiger partial charge in [0.25, 0.3) is 0 Å². The molecule has 1 heterocycles. The average Bonchev–Trinajstić information content (AvgIpc) is 2.83. The Balaban J connectivity index is 2.68. The van der Waals surface area contributed by atoms with Crippen LogP contribution < -0.4 is 0 Å². The molecule has 0 amide bonds. The van der Waals surface area contributed by atoms with Gasteiger partial charge in [0.15, 0.2) is 0 Å². The molecule has 0 aromatic rings. The molecule has 1 aliphatic heterocycles. The first kappa shape index (κ1) is 12.3. The predicted molar refractivity (Wildman–Crippen MR) is 57.3 cm³/mol. The Morgan fingerprint density at radius 2 is 1.71 bits per heavy atom. The first-order chi connectivity index (χ1) is 6.26. The molecule has 5 heteroatoms. The van der Waals surface area contributed by atoms with Gasteiger partial charge in [-0.05, 0) is 0 Å². The standard InChI is InChI=1S/C9H21O4P/c1-7(2)14(10,11,8(3)4)13-6-9-5-12-9/h7-11H,5-6H2,1-4H3. The SMILES string of the molecule is CC(C)P(O)(O)(OCC1CO1)C(C)C. The second kappa shape index (κ2) is 3.69. The maximum absolute atomic E-state index is 10.3. The van der Waals surface area contributed by atoms with E-state index < -0.39 is 7.28 Å². The zero-order chi connectivity index (χ0) is 11.0. The van der Waals surface area contributed by atoms with Crippen LogP contribution in [-0.4, -0.2) is 40.4 Å². The third-order valence-corrected chi connectivity index (χ3v) is 7.43. The average molecular weight is 224 g/mol. The van der Waals surface area contributed by atoms with Crippen LogP contribution in [0.1, 0.15) is 27.7 Å². The Bertz CT molecular complexity index is 199. The Morgan fingerprint density at radius 1 is 1.29 bits per heavy atom. The molecule has 0 saturated carbocycles. The van der Waals surface area contributed by atoms with Crippen LogP contribution in [0.4, 0.5) is 0 Å². The molecule has 14 heavy (non-hydrogen) atoms. The van der Waals surface area contributed by atoms with Crippen molar-refractivity contribution < 1.29 is 19.0 Å². The summed E-state index contributed by atoms with van der Waals surface area (Å²) in [5.41, 5.74) is -0.528. The van der Waals surface area contributed by atoms with Crippen molar-refractivity contribution in [3.05, 3.63) is 0 Å². The molecule has 0 aliphatic carbocycles. The number of hydrogen-bond donors (Lipinski definition) is 2. The van der Waals surface area contributed by atoms with Crippen molar-refractivity contribution in [2.24, 2.45) is 0 Å². The monoisotopic (exact) mass is 224 g/mol. The van der Waals surface area contributed by atoms with E-state index in [-0.39, 0.29) is 17.4 Å². The molecule has 0 spiro atoms. The normalized spacial score (nSPS) is 25.1. The molecule has 1 fully saturated rings. The molecule has 1 aliphatic rings. The van der Waals surface area contributed by atoms with Gasteiger partial charge in [0.2, 0.25) is 0 Å². The van der Waals surface area contributed by atoms with Crippen LogP contribution in [0.25, 0.3) is 0 Å². The van der Waals surface area contributed by atoms with Gasteiger partial charge >= 0.3 is 84.7 Å². The summed E-state index contributed by atoms with van der Waals surface area (Å²) in [5.74, 6) is 0. The van der Waals surface area contributed by atoms with Crippen LogP contribution in [0, 0.1) is 0 Å². The van der Waals surface area contributed by atoms with E-state index in [1.165, 1.54) is 0 Å². The molecule has 1 unspecified atom stereocenters.